The van der Waals surface area contributed by atoms with Crippen molar-refractivity contribution in [3.8, 4) is 0 Å². The monoisotopic (exact) mass is 226 g/mol. The number of hydrogen-bond acceptors (Lipinski definition) is 3. The number of aliphatic hydroxyl groups is 1. The molecule has 4 nitrogen and oxygen atoms in total. The third-order valence-corrected chi connectivity index (χ3v) is 3.89. The summed E-state index contributed by atoms with van der Waals surface area (Å²) in [5, 5.41) is 10.1. The van der Waals surface area contributed by atoms with Gasteiger partial charge in [-0.05, 0) is 24.7 Å². The van der Waals surface area contributed by atoms with Crippen molar-refractivity contribution < 1.29 is 9.90 Å². The SMILES string of the molecule is CC(C)C(N)CC(=O)N1CC(O)(C2CC2)C1. The summed E-state index contributed by atoms with van der Waals surface area (Å²) >= 11 is 0. The lowest BCUT2D eigenvalue weighted by molar-refractivity contribution is -0.159. The average molecular weight is 226 g/mol. The van der Waals surface area contributed by atoms with E-state index in [4.69, 9.17) is 5.73 Å². The highest BCUT2D eigenvalue weighted by Gasteiger charge is 2.53. The fourth-order valence-corrected chi connectivity index (χ4v) is 2.24. The average Bonchev–Trinajstić information content (AvgIpc) is 2.95. The van der Waals surface area contributed by atoms with Gasteiger partial charge in [-0.3, -0.25) is 4.79 Å². The maximum Gasteiger partial charge on any atom is 0.224 e. The van der Waals surface area contributed by atoms with Crippen molar-refractivity contribution in [1.29, 1.82) is 0 Å². The Labute approximate surface area is 96.8 Å². The highest BCUT2D eigenvalue weighted by atomic mass is 16.3. The summed E-state index contributed by atoms with van der Waals surface area (Å²) in [6.07, 6.45) is 2.63. The van der Waals surface area contributed by atoms with Crippen molar-refractivity contribution in [1.82, 2.24) is 4.90 Å². The molecule has 1 unspecified atom stereocenters. The zero-order chi connectivity index (χ0) is 11.9. The molecule has 2 aliphatic rings. The van der Waals surface area contributed by atoms with E-state index in [9.17, 15) is 9.90 Å². The first-order valence-electron chi connectivity index (χ1n) is 6.18. The van der Waals surface area contributed by atoms with Gasteiger partial charge in [-0.25, -0.2) is 0 Å². The molecule has 0 aromatic carbocycles. The van der Waals surface area contributed by atoms with Gasteiger partial charge in [-0.2, -0.15) is 0 Å². The first-order chi connectivity index (χ1) is 7.42. The van der Waals surface area contributed by atoms with Crippen molar-refractivity contribution in [3.63, 3.8) is 0 Å². The topological polar surface area (TPSA) is 66.6 Å². The first-order valence-corrected chi connectivity index (χ1v) is 6.18. The Kier molecular flexibility index (Phi) is 2.97. The Morgan fingerprint density at radius 1 is 1.50 bits per heavy atom. The summed E-state index contributed by atoms with van der Waals surface area (Å²) < 4.78 is 0. The molecule has 2 fully saturated rings. The number of nitrogens with two attached hydrogens (primary N) is 1. The molecular formula is C12H22N2O2. The molecule has 3 N–H and O–H groups in total. The second kappa shape index (κ2) is 4.00. The van der Waals surface area contributed by atoms with Crippen LogP contribution >= 0.6 is 0 Å². The summed E-state index contributed by atoms with van der Waals surface area (Å²) in [6, 6.07) is -0.0675. The molecule has 4 heteroatoms. The van der Waals surface area contributed by atoms with Crippen LogP contribution in [0.3, 0.4) is 0 Å². The van der Waals surface area contributed by atoms with E-state index in [1.165, 1.54) is 0 Å². The van der Waals surface area contributed by atoms with E-state index in [0.717, 1.165) is 12.8 Å². The molecule has 92 valence electrons. The molecular weight excluding hydrogens is 204 g/mol. The van der Waals surface area contributed by atoms with Crippen molar-refractivity contribution in [2.24, 2.45) is 17.6 Å². The maximum atomic E-state index is 11.8. The molecule has 1 saturated carbocycles. The molecule has 1 amide bonds. The molecule has 0 radical (unpaired) electrons. The minimum Gasteiger partial charge on any atom is -0.386 e. The Bertz CT molecular complexity index is 281. The molecule has 1 heterocycles. The Hall–Kier alpha value is -0.610. The van der Waals surface area contributed by atoms with Gasteiger partial charge in [0.15, 0.2) is 0 Å². The number of carbonyl (C=O) groups is 1. The van der Waals surface area contributed by atoms with Gasteiger partial charge < -0.3 is 15.7 Å². The van der Waals surface area contributed by atoms with Crippen LogP contribution in [0, 0.1) is 11.8 Å². The summed E-state index contributed by atoms with van der Waals surface area (Å²) in [5.41, 5.74) is 5.29. The normalized spacial score (nSPS) is 25.4. The standard InChI is InChI=1S/C12H22N2O2/c1-8(2)10(13)5-11(15)14-6-12(16,7-14)9-3-4-9/h8-10,16H,3-7,13H2,1-2H3. The number of nitrogens with zero attached hydrogens (tertiary/aromatic N) is 1. The van der Waals surface area contributed by atoms with E-state index in [1.807, 2.05) is 13.8 Å². The highest BCUT2D eigenvalue weighted by molar-refractivity contribution is 5.78. The number of hydrogen-bond donors (Lipinski definition) is 2. The maximum absolute atomic E-state index is 11.8. The van der Waals surface area contributed by atoms with Crippen LogP contribution in [0.2, 0.25) is 0 Å². The van der Waals surface area contributed by atoms with Crippen LogP contribution in [0.4, 0.5) is 0 Å². The predicted molar refractivity (Wildman–Crippen MR) is 61.7 cm³/mol. The smallest absolute Gasteiger partial charge is 0.224 e. The van der Waals surface area contributed by atoms with Crippen molar-refractivity contribution in [2.45, 2.75) is 44.8 Å². The van der Waals surface area contributed by atoms with Crippen molar-refractivity contribution in [2.75, 3.05) is 13.1 Å². The lowest BCUT2D eigenvalue weighted by Gasteiger charge is -2.47. The third kappa shape index (κ3) is 2.23. The van der Waals surface area contributed by atoms with Gasteiger partial charge in [-0.1, -0.05) is 13.8 Å². The quantitative estimate of drug-likeness (QED) is 0.726. The Balaban J connectivity index is 1.76. The number of carbonyl (C=O) groups excluding carboxylic acids is 1. The molecule has 1 aliphatic heterocycles. The second-order valence-corrected chi connectivity index (χ2v) is 5.74. The fourth-order valence-electron chi connectivity index (χ4n) is 2.24. The summed E-state index contributed by atoms with van der Waals surface area (Å²) in [5.74, 6) is 0.856. The van der Waals surface area contributed by atoms with Gasteiger partial charge in [0.1, 0.15) is 5.60 Å². The molecule has 1 saturated heterocycles. The van der Waals surface area contributed by atoms with E-state index >= 15 is 0 Å². The molecule has 16 heavy (non-hydrogen) atoms. The van der Waals surface area contributed by atoms with Gasteiger partial charge >= 0.3 is 0 Å². The zero-order valence-electron chi connectivity index (χ0n) is 10.1. The molecule has 0 bridgehead atoms. The van der Waals surface area contributed by atoms with E-state index < -0.39 is 5.60 Å². The molecule has 2 rings (SSSR count). The van der Waals surface area contributed by atoms with Crippen molar-refractivity contribution >= 4 is 5.91 Å². The lowest BCUT2D eigenvalue weighted by atomic mass is 9.88. The molecule has 1 atom stereocenters. The van der Waals surface area contributed by atoms with Gasteiger partial charge in [-0.15, -0.1) is 0 Å². The van der Waals surface area contributed by atoms with Gasteiger partial charge in [0.05, 0.1) is 13.1 Å². The minimum atomic E-state index is -0.572. The van der Waals surface area contributed by atoms with E-state index in [0.29, 0.717) is 31.3 Å². The zero-order valence-corrected chi connectivity index (χ0v) is 10.1. The first kappa shape index (κ1) is 11.9. The summed E-state index contributed by atoms with van der Waals surface area (Å²) in [4.78, 5) is 13.5. The predicted octanol–water partition coefficient (Wildman–Crippen LogP) is 0.343. The van der Waals surface area contributed by atoms with Crippen LogP contribution in [0.1, 0.15) is 33.1 Å². The molecule has 1 aliphatic carbocycles. The molecule has 0 spiro atoms. The minimum absolute atomic E-state index is 0.0675. The van der Waals surface area contributed by atoms with E-state index in [1.54, 1.807) is 4.90 Å². The van der Waals surface area contributed by atoms with Gasteiger partial charge in [0, 0.05) is 12.5 Å². The van der Waals surface area contributed by atoms with Crippen LogP contribution in [0.5, 0.6) is 0 Å². The van der Waals surface area contributed by atoms with Crippen LogP contribution in [-0.4, -0.2) is 40.6 Å². The van der Waals surface area contributed by atoms with Crippen LogP contribution in [-0.2, 0) is 4.79 Å². The van der Waals surface area contributed by atoms with Gasteiger partial charge in [0.25, 0.3) is 0 Å². The molecule has 0 aromatic heterocycles. The second-order valence-electron chi connectivity index (χ2n) is 5.74. The van der Waals surface area contributed by atoms with Crippen molar-refractivity contribution in [3.05, 3.63) is 0 Å². The third-order valence-electron chi connectivity index (χ3n) is 3.89. The largest absolute Gasteiger partial charge is 0.386 e. The number of rotatable bonds is 4. The van der Waals surface area contributed by atoms with E-state index in [-0.39, 0.29) is 11.9 Å². The Morgan fingerprint density at radius 3 is 2.50 bits per heavy atom. The van der Waals surface area contributed by atoms with Crippen LogP contribution in [0.15, 0.2) is 0 Å². The summed E-state index contributed by atoms with van der Waals surface area (Å²) in [7, 11) is 0. The Morgan fingerprint density at radius 2 is 2.06 bits per heavy atom. The molecule has 0 aromatic rings. The fraction of sp³-hybridized carbons (Fsp3) is 0.917. The van der Waals surface area contributed by atoms with Gasteiger partial charge in [0.2, 0.25) is 5.91 Å². The number of amides is 1. The van der Waals surface area contributed by atoms with E-state index in [2.05, 4.69) is 0 Å². The number of β-amino-alcohol motifs (C(OH)–C–C–N with tert-alkyl or cyclic N) is 1. The summed E-state index contributed by atoms with van der Waals surface area (Å²) in [6.45, 7) is 5.08. The van der Waals surface area contributed by atoms with Crippen LogP contribution < -0.4 is 5.73 Å². The number of likely N-dealkylation sites (tertiary alicyclic amines) is 1. The van der Waals surface area contributed by atoms with Crippen LogP contribution in [0.25, 0.3) is 0 Å². The lowest BCUT2D eigenvalue weighted by Crippen LogP contribution is -2.65. The highest BCUT2D eigenvalue weighted by Crippen LogP contribution is 2.44.